The van der Waals surface area contributed by atoms with E-state index in [0.29, 0.717) is 11.0 Å². The molecule has 1 saturated heterocycles. The average Bonchev–Trinajstić information content (AvgIpc) is 2.33. The first-order valence-corrected chi connectivity index (χ1v) is 5.87. The normalized spacial score (nSPS) is 30.1. The van der Waals surface area contributed by atoms with Crippen molar-refractivity contribution in [3.63, 3.8) is 0 Å². The number of hydrogen-bond acceptors (Lipinski definition) is 2. The largest absolute Gasteiger partial charge is 0.634 e. The van der Waals surface area contributed by atoms with Crippen molar-refractivity contribution in [3.05, 3.63) is 35.0 Å². The van der Waals surface area contributed by atoms with Crippen molar-refractivity contribution in [1.29, 1.82) is 0 Å². The van der Waals surface area contributed by atoms with Gasteiger partial charge in [0.15, 0.2) is 0 Å². The molecule has 3 heteroatoms. The van der Waals surface area contributed by atoms with E-state index in [4.69, 9.17) is 4.74 Å². The van der Waals surface area contributed by atoms with E-state index in [1.807, 2.05) is 19.1 Å². The van der Waals surface area contributed by atoms with Crippen LogP contribution in [-0.4, -0.2) is 19.7 Å². The summed E-state index contributed by atoms with van der Waals surface area (Å²) in [6.45, 7) is 2.77. The summed E-state index contributed by atoms with van der Waals surface area (Å²) in [6, 6.07) is 8.45. The van der Waals surface area contributed by atoms with E-state index in [0.717, 1.165) is 25.1 Å². The molecule has 1 aliphatic rings. The number of benzene rings is 1. The molecular formula is C13H19NO2. The van der Waals surface area contributed by atoms with E-state index in [1.165, 1.54) is 5.56 Å². The molecule has 0 aliphatic carbocycles. The number of rotatable bonds is 2. The van der Waals surface area contributed by atoms with Gasteiger partial charge in [0.25, 0.3) is 0 Å². The number of nitrogens with one attached hydrogen (secondary N) is 1. The Bertz CT molecular complexity index is 336. The highest BCUT2D eigenvalue weighted by Gasteiger charge is 2.25. The lowest BCUT2D eigenvalue weighted by Crippen LogP contribution is -3.11. The maximum absolute atomic E-state index is 11.5. The zero-order chi connectivity index (χ0) is 11.5. The third-order valence-corrected chi connectivity index (χ3v) is 3.51. The van der Waals surface area contributed by atoms with Crippen molar-refractivity contribution in [3.8, 4) is 5.75 Å². The third kappa shape index (κ3) is 2.36. The van der Waals surface area contributed by atoms with Crippen LogP contribution in [0.2, 0.25) is 0 Å². The van der Waals surface area contributed by atoms with Crippen LogP contribution in [-0.2, 0) is 0 Å². The molecule has 1 aromatic rings. The number of methoxy groups -OCH3 is 1. The minimum Gasteiger partial charge on any atom is -0.634 e. The van der Waals surface area contributed by atoms with Gasteiger partial charge in [-0.15, -0.1) is 0 Å². The lowest BCUT2D eigenvalue weighted by Gasteiger charge is -2.37. The van der Waals surface area contributed by atoms with Gasteiger partial charge >= 0.3 is 0 Å². The van der Waals surface area contributed by atoms with Crippen molar-refractivity contribution < 1.29 is 9.80 Å². The first-order valence-electron chi connectivity index (χ1n) is 5.87. The first kappa shape index (κ1) is 11.4. The summed E-state index contributed by atoms with van der Waals surface area (Å²) in [7, 11) is 1.68. The molecule has 1 heterocycles. The predicted octanol–water partition coefficient (Wildman–Crippen LogP) is 1.34. The van der Waals surface area contributed by atoms with Gasteiger partial charge in [-0.3, -0.25) is 0 Å². The summed E-state index contributed by atoms with van der Waals surface area (Å²) in [5.74, 6) is 1.43. The molecule has 0 amide bonds. The summed E-state index contributed by atoms with van der Waals surface area (Å²) < 4.78 is 5.14. The highest BCUT2D eigenvalue weighted by Crippen LogP contribution is 2.27. The Balaban J connectivity index is 2.06. The fraction of sp³-hybridized carbons (Fsp3) is 0.538. The quantitative estimate of drug-likeness (QED) is 0.765. The zero-order valence-corrected chi connectivity index (χ0v) is 9.90. The van der Waals surface area contributed by atoms with Crippen molar-refractivity contribution in [2.24, 2.45) is 0 Å². The van der Waals surface area contributed by atoms with Gasteiger partial charge in [-0.2, -0.15) is 0 Å². The number of piperidine rings is 1. The van der Waals surface area contributed by atoms with Crippen LogP contribution in [0.1, 0.15) is 31.2 Å². The smallest absolute Gasteiger partial charge is 0.118 e. The summed E-state index contributed by atoms with van der Waals surface area (Å²) in [5, 5.41) is 11.9. The summed E-state index contributed by atoms with van der Waals surface area (Å²) >= 11 is 0. The minimum atomic E-state index is 0.223. The molecule has 3 nitrogen and oxygen atoms in total. The molecule has 0 aromatic heterocycles. The number of quaternary nitrogens is 1. The molecule has 1 aromatic carbocycles. The van der Waals surface area contributed by atoms with Gasteiger partial charge in [-0.25, -0.2) is 0 Å². The monoisotopic (exact) mass is 221 g/mol. The van der Waals surface area contributed by atoms with Gasteiger partial charge in [0.2, 0.25) is 0 Å². The molecule has 2 rings (SSSR count). The molecule has 3 atom stereocenters. The maximum atomic E-state index is 11.5. The summed E-state index contributed by atoms with van der Waals surface area (Å²) in [5.41, 5.74) is 1.33. The molecule has 0 spiro atoms. The highest BCUT2D eigenvalue weighted by molar-refractivity contribution is 5.29. The second-order valence-corrected chi connectivity index (χ2v) is 4.61. The number of hydrogen-bond donors (Lipinski definition) is 1. The van der Waals surface area contributed by atoms with Gasteiger partial charge in [-0.05, 0) is 30.5 Å². The van der Waals surface area contributed by atoms with E-state index in [9.17, 15) is 5.21 Å². The van der Waals surface area contributed by atoms with Gasteiger partial charge in [0.05, 0.1) is 19.7 Å². The highest BCUT2D eigenvalue weighted by atomic mass is 16.5. The Kier molecular flexibility index (Phi) is 3.46. The van der Waals surface area contributed by atoms with Crippen LogP contribution in [0.5, 0.6) is 5.75 Å². The molecular weight excluding hydrogens is 202 g/mol. The molecule has 1 N–H and O–H groups in total. The van der Waals surface area contributed by atoms with Crippen LogP contribution in [0.4, 0.5) is 0 Å². The second kappa shape index (κ2) is 4.85. The molecule has 16 heavy (non-hydrogen) atoms. The maximum Gasteiger partial charge on any atom is 0.118 e. The minimum absolute atomic E-state index is 0.223. The lowest BCUT2D eigenvalue weighted by molar-refractivity contribution is -0.879. The third-order valence-electron chi connectivity index (χ3n) is 3.51. The van der Waals surface area contributed by atoms with Crippen molar-refractivity contribution in [2.75, 3.05) is 13.7 Å². The van der Waals surface area contributed by atoms with Crippen LogP contribution in [0.15, 0.2) is 24.3 Å². The standard InChI is InChI=1S/C13H19NO2/c1-10-9-12(7-8-14(10)15)11-3-5-13(16-2)6-4-11/h3-6,10,12,14H,7-9H2,1-2H3. The molecule has 1 fully saturated rings. The van der Waals surface area contributed by atoms with Crippen LogP contribution in [0, 0.1) is 5.21 Å². The molecule has 0 saturated carbocycles. The van der Waals surface area contributed by atoms with Gasteiger partial charge in [-0.1, -0.05) is 12.1 Å². The van der Waals surface area contributed by atoms with Gasteiger partial charge in [0.1, 0.15) is 5.75 Å². The molecule has 3 unspecified atom stereocenters. The molecule has 0 radical (unpaired) electrons. The fourth-order valence-corrected chi connectivity index (χ4v) is 2.42. The Morgan fingerprint density at radius 3 is 2.56 bits per heavy atom. The second-order valence-electron chi connectivity index (χ2n) is 4.61. The van der Waals surface area contributed by atoms with E-state index in [2.05, 4.69) is 12.1 Å². The zero-order valence-electron chi connectivity index (χ0n) is 9.90. The first-order chi connectivity index (χ1) is 7.70. The van der Waals surface area contributed by atoms with E-state index in [1.54, 1.807) is 7.11 Å². The van der Waals surface area contributed by atoms with Crippen LogP contribution >= 0.6 is 0 Å². The summed E-state index contributed by atoms with van der Waals surface area (Å²) in [6.07, 6.45) is 1.99. The van der Waals surface area contributed by atoms with Crippen LogP contribution in [0.25, 0.3) is 0 Å². The van der Waals surface area contributed by atoms with Gasteiger partial charge in [0, 0.05) is 12.8 Å². The number of ether oxygens (including phenoxy) is 1. The van der Waals surface area contributed by atoms with Crippen molar-refractivity contribution >= 4 is 0 Å². The molecule has 88 valence electrons. The fourth-order valence-electron chi connectivity index (χ4n) is 2.42. The van der Waals surface area contributed by atoms with Crippen LogP contribution < -0.4 is 9.80 Å². The van der Waals surface area contributed by atoms with Gasteiger partial charge < -0.3 is 15.0 Å². The SMILES string of the molecule is COc1ccc(C2CC[NH+]([O-])C(C)C2)cc1. The number of hydroxylamine groups is 2. The molecule has 0 bridgehead atoms. The lowest BCUT2D eigenvalue weighted by atomic mass is 9.87. The van der Waals surface area contributed by atoms with Crippen molar-refractivity contribution in [1.82, 2.24) is 0 Å². The topological polar surface area (TPSA) is 36.7 Å². The van der Waals surface area contributed by atoms with Crippen LogP contribution in [0.3, 0.4) is 0 Å². The molecule has 1 aliphatic heterocycles. The van der Waals surface area contributed by atoms with Crippen molar-refractivity contribution in [2.45, 2.75) is 31.7 Å². The van der Waals surface area contributed by atoms with E-state index < -0.39 is 0 Å². The summed E-state index contributed by atoms with van der Waals surface area (Å²) in [4.78, 5) is 0. The Morgan fingerprint density at radius 1 is 1.31 bits per heavy atom. The predicted molar refractivity (Wildman–Crippen MR) is 63.6 cm³/mol. The Hall–Kier alpha value is -1.06. The Labute approximate surface area is 96.6 Å². The Morgan fingerprint density at radius 2 is 2.00 bits per heavy atom. The average molecular weight is 221 g/mol. The van der Waals surface area contributed by atoms with E-state index >= 15 is 0 Å². The van der Waals surface area contributed by atoms with E-state index in [-0.39, 0.29) is 6.04 Å².